The maximum atomic E-state index is 11.4. The molecular formula is C20H22N4O2. The number of carbonyl (C=O) groups is 1. The second-order valence-corrected chi connectivity index (χ2v) is 6.97. The number of carboxylic acids is 1. The molecule has 3 aromatic rings. The van der Waals surface area contributed by atoms with Crippen molar-refractivity contribution >= 4 is 17.0 Å². The quantitative estimate of drug-likeness (QED) is 0.754. The number of benzene rings is 1. The van der Waals surface area contributed by atoms with Crippen LogP contribution in [0.5, 0.6) is 0 Å². The van der Waals surface area contributed by atoms with Crippen molar-refractivity contribution < 1.29 is 9.90 Å². The van der Waals surface area contributed by atoms with Crippen LogP contribution in [0.2, 0.25) is 0 Å². The Morgan fingerprint density at radius 1 is 1.35 bits per heavy atom. The Bertz CT molecular complexity index is 950. The van der Waals surface area contributed by atoms with Crippen molar-refractivity contribution in [1.82, 2.24) is 19.9 Å². The largest absolute Gasteiger partial charge is 0.478 e. The van der Waals surface area contributed by atoms with Gasteiger partial charge in [-0.05, 0) is 50.1 Å². The Hall–Kier alpha value is -2.73. The summed E-state index contributed by atoms with van der Waals surface area (Å²) in [6, 6.07) is 9.47. The van der Waals surface area contributed by atoms with Crippen molar-refractivity contribution in [1.29, 1.82) is 0 Å². The van der Waals surface area contributed by atoms with E-state index in [2.05, 4.69) is 33.9 Å². The van der Waals surface area contributed by atoms with Gasteiger partial charge in [-0.15, -0.1) is 0 Å². The van der Waals surface area contributed by atoms with Crippen LogP contribution in [0, 0.1) is 6.92 Å². The zero-order valence-corrected chi connectivity index (χ0v) is 14.8. The highest BCUT2D eigenvalue weighted by Crippen LogP contribution is 2.28. The van der Waals surface area contributed by atoms with Crippen LogP contribution in [0.1, 0.15) is 46.2 Å². The molecule has 1 saturated heterocycles. The number of likely N-dealkylation sites (tertiary alicyclic amines) is 1. The van der Waals surface area contributed by atoms with Gasteiger partial charge in [-0.3, -0.25) is 9.88 Å². The van der Waals surface area contributed by atoms with Gasteiger partial charge in [0.15, 0.2) is 0 Å². The molecule has 0 unspecified atom stereocenters. The normalized spacial score (nSPS) is 18.3. The number of pyridine rings is 1. The number of aryl methyl sites for hydroxylation is 1. The Morgan fingerprint density at radius 2 is 2.23 bits per heavy atom. The van der Waals surface area contributed by atoms with Crippen molar-refractivity contribution in [3.05, 3.63) is 59.2 Å². The summed E-state index contributed by atoms with van der Waals surface area (Å²) >= 11 is 0. The van der Waals surface area contributed by atoms with E-state index in [0.29, 0.717) is 18.2 Å². The molecule has 3 heterocycles. The first-order valence-electron chi connectivity index (χ1n) is 8.96. The number of hydrogen-bond acceptors (Lipinski definition) is 4. The number of aromatic carboxylic acids is 1. The zero-order valence-electron chi connectivity index (χ0n) is 14.8. The molecule has 26 heavy (non-hydrogen) atoms. The SMILES string of the molecule is Cc1cccc2[nH]c([C@H]3CCCN(Cc4ncccc4C(=O)O)C3)nc12. The molecule has 2 aromatic heterocycles. The number of carboxylic acid groups (broad SMARTS) is 1. The first-order chi connectivity index (χ1) is 12.6. The highest BCUT2D eigenvalue weighted by molar-refractivity contribution is 5.88. The van der Waals surface area contributed by atoms with Gasteiger partial charge in [0.25, 0.3) is 0 Å². The Labute approximate surface area is 151 Å². The van der Waals surface area contributed by atoms with Crippen molar-refractivity contribution in [2.24, 2.45) is 0 Å². The lowest BCUT2D eigenvalue weighted by atomic mass is 9.97. The number of para-hydroxylation sites is 1. The Morgan fingerprint density at radius 3 is 3.04 bits per heavy atom. The van der Waals surface area contributed by atoms with Gasteiger partial charge < -0.3 is 10.1 Å². The van der Waals surface area contributed by atoms with Gasteiger partial charge in [0.05, 0.1) is 22.3 Å². The number of piperidine rings is 1. The van der Waals surface area contributed by atoms with Crippen LogP contribution in [0.4, 0.5) is 0 Å². The first-order valence-corrected chi connectivity index (χ1v) is 8.96. The standard InChI is InChI=1S/C20H22N4O2/c1-13-5-2-8-16-18(13)23-19(22-16)14-6-4-10-24(11-14)12-17-15(20(25)26)7-3-9-21-17/h2-3,5,7-9,14H,4,6,10-12H2,1H3,(H,22,23)(H,25,26)/t14-/m0/s1. The highest BCUT2D eigenvalue weighted by atomic mass is 16.4. The van der Waals surface area contributed by atoms with E-state index in [1.54, 1.807) is 18.3 Å². The minimum Gasteiger partial charge on any atom is -0.478 e. The molecular weight excluding hydrogens is 328 g/mol. The van der Waals surface area contributed by atoms with E-state index in [1.807, 2.05) is 6.07 Å². The maximum Gasteiger partial charge on any atom is 0.337 e. The molecule has 2 N–H and O–H groups in total. The van der Waals surface area contributed by atoms with Crippen LogP contribution >= 0.6 is 0 Å². The minimum atomic E-state index is -0.922. The molecule has 0 bridgehead atoms. The van der Waals surface area contributed by atoms with Crippen LogP contribution < -0.4 is 0 Å². The summed E-state index contributed by atoms with van der Waals surface area (Å²) in [4.78, 5) is 26.3. The average Bonchev–Trinajstić information content (AvgIpc) is 3.08. The van der Waals surface area contributed by atoms with E-state index in [9.17, 15) is 9.90 Å². The first kappa shape index (κ1) is 16.7. The second-order valence-electron chi connectivity index (χ2n) is 6.97. The summed E-state index contributed by atoms with van der Waals surface area (Å²) in [6.07, 6.45) is 3.81. The van der Waals surface area contributed by atoms with Crippen molar-refractivity contribution in [3.8, 4) is 0 Å². The highest BCUT2D eigenvalue weighted by Gasteiger charge is 2.25. The summed E-state index contributed by atoms with van der Waals surface area (Å²) in [5, 5.41) is 9.36. The van der Waals surface area contributed by atoms with Crippen LogP contribution in [-0.2, 0) is 6.54 Å². The molecule has 0 radical (unpaired) electrons. The van der Waals surface area contributed by atoms with Gasteiger partial charge in [-0.1, -0.05) is 12.1 Å². The fraction of sp³-hybridized carbons (Fsp3) is 0.350. The third kappa shape index (κ3) is 3.20. The number of rotatable bonds is 4. The fourth-order valence-electron chi connectivity index (χ4n) is 3.78. The third-order valence-corrected chi connectivity index (χ3v) is 5.12. The van der Waals surface area contributed by atoms with E-state index in [0.717, 1.165) is 42.8 Å². The molecule has 6 heteroatoms. The van der Waals surface area contributed by atoms with Crippen molar-refractivity contribution in [2.75, 3.05) is 13.1 Å². The summed E-state index contributed by atoms with van der Waals surface area (Å²) < 4.78 is 0. The summed E-state index contributed by atoms with van der Waals surface area (Å²) in [6.45, 7) is 4.44. The lowest BCUT2D eigenvalue weighted by Gasteiger charge is -2.31. The van der Waals surface area contributed by atoms with Crippen molar-refractivity contribution in [3.63, 3.8) is 0 Å². The number of nitrogens with one attached hydrogen (secondary N) is 1. The molecule has 1 aromatic carbocycles. The van der Waals surface area contributed by atoms with Gasteiger partial charge in [0.2, 0.25) is 0 Å². The molecule has 4 rings (SSSR count). The lowest BCUT2D eigenvalue weighted by molar-refractivity contribution is 0.0693. The maximum absolute atomic E-state index is 11.4. The molecule has 0 amide bonds. The van der Waals surface area contributed by atoms with Gasteiger partial charge in [0, 0.05) is 25.2 Å². The molecule has 1 aliphatic rings. The van der Waals surface area contributed by atoms with E-state index in [1.165, 1.54) is 5.56 Å². The predicted molar refractivity (Wildman–Crippen MR) is 99.3 cm³/mol. The zero-order chi connectivity index (χ0) is 18.1. The molecule has 1 fully saturated rings. The third-order valence-electron chi connectivity index (χ3n) is 5.12. The molecule has 1 aliphatic heterocycles. The van der Waals surface area contributed by atoms with Gasteiger partial charge in [0.1, 0.15) is 5.82 Å². The lowest BCUT2D eigenvalue weighted by Crippen LogP contribution is -2.35. The molecule has 134 valence electrons. The predicted octanol–water partition coefficient (Wildman–Crippen LogP) is 3.34. The number of aromatic nitrogens is 3. The van der Waals surface area contributed by atoms with Crippen molar-refractivity contribution in [2.45, 2.75) is 32.2 Å². The summed E-state index contributed by atoms with van der Waals surface area (Å²) in [7, 11) is 0. The number of nitrogens with zero attached hydrogens (tertiary/aromatic N) is 3. The van der Waals surface area contributed by atoms with Crippen LogP contribution in [0.15, 0.2) is 36.5 Å². The van der Waals surface area contributed by atoms with Gasteiger partial charge >= 0.3 is 5.97 Å². The monoisotopic (exact) mass is 350 g/mol. The average molecular weight is 350 g/mol. The van der Waals surface area contributed by atoms with E-state index in [4.69, 9.17) is 4.98 Å². The number of aromatic amines is 1. The molecule has 1 atom stereocenters. The second kappa shape index (κ2) is 6.88. The molecule has 0 saturated carbocycles. The Kier molecular flexibility index (Phi) is 4.42. The van der Waals surface area contributed by atoms with Gasteiger partial charge in [-0.25, -0.2) is 9.78 Å². The number of hydrogen-bond donors (Lipinski definition) is 2. The number of fused-ring (bicyclic) bond motifs is 1. The molecule has 0 spiro atoms. The number of imidazole rings is 1. The fourth-order valence-corrected chi connectivity index (χ4v) is 3.78. The summed E-state index contributed by atoms with van der Waals surface area (Å²) in [5.41, 5.74) is 4.21. The Balaban J connectivity index is 1.54. The van der Waals surface area contributed by atoms with Crippen LogP contribution in [0.3, 0.4) is 0 Å². The van der Waals surface area contributed by atoms with E-state index < -0.39 is 5.97 Å². The number of H-pyrrole nitrogens is 1. The van der Waals surface area contributed by atoms with Crippen LogP contribution in [-0.4, -0.2) is 44.0 Å². The van der Waals surface area contributed by atoms with E-state index >= 15 is 0 Å². The molecule has 0 aliphatic carbocycles. The summed E-state index contributed by atoms with van der Waals surface area (Å²) in [5.74, 6) is 0.431. The topological polar surface area (TPSA) is 82.1 Å². The van der Waals surface area contributed by atoms with Gasteiger partial charge in [-0.2, -0.15) is 0 Å². The minimum absolute atomic E-state index is 0.286. The van der Waals surface area contributed by atoms with Crippen LogP contribution in [0.25, 0.3) is 11.0 Å². The molecule has 6 nitrogen and oxygen atoms in total. The smallest absolute Gasteiger partial charge is 0.337 e. The van der Waals surface area contributed by atoms with E-state index in [-0.39, 0.29) is 5.56 Å².